The molecule has 2 aromatic rings. The van der Waals surface area contributed by atoms with Crippen LogP contribution in [-0.2, 0) is 0 Å². The lowest BCUT2D eigenvalue weighted by molar-refractivity contribution is 0.0291. The lowest BCUT2D eigenvalue weighted by Crippen LogP contribution is -2.56. The number of nitrogens with zero attached hydrogens (tertiary/aromatic N) is 2. The Labute approximate surface area is 207 Å². The number of fused-ring (bicyclic) bond motifs is 2. The van der Waals surface area contributed by atoms with Gasteiger partial charge in [0.1, 0.15) is 0 Å². The topological polar surface area (TPSA) is 112 Å². The summed E-state index contributed by atoms with van der Waals surface area (Å²) in [4.78, 5) is 56.3. The van der Waals surface area contributed by atoms with Gasteiger partial charge in [0, 0.05) is 0 Å². The highest BCUT2D eigenvalue weighted by molar-refractivity contribution is 6.23. The molecule has 10 heteroatoms. The Morgan fingerprint density at radius 2 is 0.778 bits per heavy atom. The molecule has 2 aromatic carbocycles. The van der Waals surface area contributed by atoms with E-state index < -0.39 is 35.7 Å². The summed E-state index contributed by atoms with van der Waals surface area (Å²) >= 11 is 0. The Bertz CT molecular complexity index is 1120. The number of rotatable bonds is 6. The van der Waals surface area contributed by atoms with E-state index in [9.17, 15) is 19.2 Å². The molecule has 10 nitrogen and oxygen atoms in total. The molecule has 0 spiro atoms. The molecule has 1 saturated carbocycles. The molecule has 1 fully saturated rings. The maximum absolute atomic E-state index is 13.5. The fourth-order valence-corrected chi connectivity index (χ4v) is 5.47. The minimum Gasteiger partial charge on any atom is -0.493 e. The van der Waals surface area contributed by atoms with Crippen LogP contribution in [0.5, 0.6) is 23.0 Å². The minimum absolute atomic E-state index is 0.207. The van der Waals surface area contributed by atoms with Crippen molar-refractivity contribution in [2.24, 2.45) is 0 Å². The van der Waals surface area contributed by atoms with Gasteiger partial charge in [0.25, 0.3) is 23.6 Å². The first-order chi connectivity index (χ1) is 17.4. The number of benzene rings is 2. The van der Waals surface area contributed by atoms with Gasteiger partial charge in [0.2, 0.25) is 0 Å². The molecule has 3 aliphatic rings. The normalized spacial score (nSPS) is 21.0. The molecule has 5 rings (SSSR count). The van der Waals surface area contributed by atoms with Crippen LogP contribution < -0.4 is 18.9 Å². The number of imide groups is 2. The second kappa shape index (κ2) is 8.85. The molecule has 0 radical (unpaired) electrons. The number of carbonyl (C=O) groups excluding carboxylic acids is 4. The van der Waals surface area contributed by atoms with E-state index in [1.54, 1.807) is 0 Å². The van der Waals surface area contributed by atoms with Crippen molar-refractivity contribution in [3.63, 3.8) is 0 Å². The van der Waals surface area contributed by atoms with Crippen LogP contribution in [0.4, 0.5) is 0 Å². The predicted octanol–water partition coefficient (Wildman–Crippen LogP) is 2.92. The van der Waals surface area contributed by atoms with Crippen LogP contribution in [-0.4, -0.2) is 74.0 Å². The summed E-state index contributed by atoms with van der Waals surface area (Å²) in [6.45, 7) is 0. The number of amides is 4. The molecule has 0 unspecified atom stereocenters. The van der Waals surface area contributed by atoms with E-state index in [-0.39, 0.29) is 22.3 Å². The maximum atomic E-state index is 13.5. The van der Waals surface area contributed by atoms with Crippen LogP contribution in [0.3, 0.4) is 0 Å². The molecule has 2 aliphatic heterocycles. The second-order valence-corrected chi connectivity index (χ2v) is 8.89. The third kappa shape index (κ3) is 3.31. The number of methoxy groups -OCH3 is 4. The lowest BCUT2D eigenvalue weighted by Gasteiger charge is -2.40. The van der Waals surface area contributed by atoms with Crippen molar-refractivity contribution in [2.75, 3.05) is 28.4 Å². The van der Waals surface area contributed by atoms with Gasteiger partial charge in [-0.3, -0.25) is 29.0 Å². The van der Waals surface area contributed by atoms with Crippen LogP contribution in [0, 0.1) is 0 Å². The zero-order valence-electron chi connectivity index (χ0n) is 20.5. The fraction of sp³-hybridized carbons (Fsp3) is 0.385. The van der Waals surface area contributed by atoms with Crippen LogP contribution in [0.15, 0.2) is 24.3 Å². The molecule has 0 aromatic heterocycles. The number of carbonyl (C=O) groups is 4. The lowest BCUT2D eigenvalue weighted by atomic mass is 9.88. The SMILES string of the molecule is COc1cc2c(cc1OC)C(=O)N([C@@H]1CCCC[C@H]1N1C(=O)c3cc(OC)c(OC)cc3C1=O)C2=O. The molecule has 2 atom stereocenters. The van der Waals surface area contributed by atoms with E-state index in [4.69, 9.17) is 18.9 Å². The largest absolute Gasteiger partial charge is 0.493 e. The zero-order valence-corrected chi connectivity index (χ0v) is 20.5. The molecule has 0 N–H and O–H groups in total. The molecule has 0 bridgehead atoms. The van der Waals surface area contributed by atoms with Crippen molar-refractivity contribution in [1.82, 2.24) is 9.80 Å². The van der Waals surface area contributed by atoms with Gasteiger partial charge in [-0.25, -0.2) is 0 Å². The van der Waals surface area contributed by atoms with Gasteiger partial charge in [-0.1, -0.05) is 12.8 Å². The van der Waals surface area contributed by atoms with Crippen LogP contribution in [0.1, 0.15) is 67.1 Å². The van der Waals surface area contributed by atoms with E-state index >= 15 is 0 Å². The molecular formula is C26H26N2O8. The highest BCUT2D eigenvalue weighted by Crippen LogP contribution is 2.41. The van der Waals surface area contributed by atoms with Gasteiger partial charge < -0.3 is 18.9 Å². The van der Waals surface area contributed by atoms with E-state index in [1.165, 1.54) is 62.5 Å². The zero-order chi connectivity index (χ0) is 25.7. The average molecular weight is 495 g/mol. The Morgan fingerprint density at radius 3 is 1.00 bits per heavy atom. The first-order valence-corrected chi connectivity index (χ1v) is 11.6. The smallest absolute Gasteiger partial charge is 0.262 e. The molecule has 4 amide bonds. The van der Waals surface area contributed by atoms with Gasteiger partial charge in [0.15, 0.2) is 23.0 Å². The van der Waals surface area contributed by atoms with E-state index in [0.717, 1.165) is 12.8 Å². The van der Waals surface area contributed by atoms with Gasteiger partial charge in [0.05, 0.1) is 62.8 Å². The quantitative estimate of drug-likeness (QED) is 0.564. The van der Waals surface area contributed by atoms with Crippen molar-refractivity contribution in [3.8, 4) is 23.0 Å². The summed E-state index contributed by atoms with van der Waals surface area (Å²) in [5.74, 6) is -0.572. The first kappa shape index (κ1) is 23.7. The number of hydrogen-bond donors (Lipinski definition) is 0. The Kier molecular flexibility index (Phi) is 5.82. The molecule has 36 heavy (non-hydrogen) atoms. The number of ether oxygens (including phenoxy) is 4. The first-order valence-electron chi connectivity index (χ1n) is 11.6. The third-order valence-electron chi connectivity index (χ3n) is 7.20. The molecule has 188 valence electrons. The third-order valence-corrected chi connectivity index (χ3v) is 7.20. The monoisotopic (exact) mass is 494 g/mol. The standard InChI is InChI=1S/C26H26N2O8/c1-33-19-9-13-14(10-20(19)34-2)24(30)27(23(13)29)17-7-5-6-8-18(17)28-25(31)15-11-21(35-3)22(36-4)12-16(15)26(28)32/h9-12,17-18H,5-8H2,1-4H3/t17-,18-/m1/s1. The van der Waals surface area contributed by atoms with Gasteiger partial charge >= 0.3 is 0 Å². The van der Waals surface area contributed by atoms with Gasteiger partial charge in [-0.05, 0) is 37.1 Å². The molecule has 1 aliphatic carbocycles. The van der Waals surface area contributed by atoms with Crippen molar-refractivity contribution in [3.05, 3.63) is 46.5 Å². The summed E-state index contributed by atoms with van der Waals surface area (Å²) in [7, 11) is 5.80. The van der Waals surface area contributed by atoms with Crippen molar-refractivity contribution in [1.29, 1.82) is 0 Å². The van der Waals surface area contributed by atoms with Gasteiger partial charge in [-0.15, -0.1) is 0 Å². The second-order valence-electron chi connectivity index (χ2n) is 8.89. The van der Waals surface area contributed by atoms with E-state index in [0.29, 0.717) is 35.8 Å². The van der Waals surface area contributed by atoms with Gasteiger partial charge in [-0.2, -0.15) is 0 Å². The van der Waals surface area contributed by atoms with E-state index in [2.05, 4.69) is 0 Å². The maximum Gasteiger partial charge on any atom is 0.262 e. The predicted molar refractivity (Wildman–Crippen MR) is 126 cm³/mol. The number of hydrogen-bond acceptors (Lipinski definition) is 8. The minimum atomic E-state index is -0.658. The summed E-state index contributed by atoms with van der Waals surface area (Å²) < 4.78 is 21.2. The van der Waals surface area contributed by atoms with Crippen LogP contribution in [0.25, 0.3) is 0 Å². The van der Waals surface area contributed by atoms with Crippen molar-refractivity contribution in [2.45, 2.75) is 37.8 Å². The fourth-order valence-electron chi connectivity index (χ4n) is 5.47. The van der Waals surface area contributed by atoms with Crippen molar-refractivity contribution < 1.29 is 38.1 Å². The molecule has 2 heterocycles. The Hall–Kier alpha value is -4.08. The highest BCUT2D eigenvalue weighted by atomic mass is 16.5. The summed E-state index contributed by atoms with van der Waals surface area (Å²) in [6.07, 6.45) is 2.47. The summed E-state index contributed by atoms with van der Waals surface area (Å²) in [6, 6.07) is 4.66. The van der Waals surface area contributed by atoms with E-state index in [1.807, 2.05) is 0 Å². The molecule has 0 saturated heterocycles. The Balaban J connectivity index is 1.52. The summed E-state index contributed by atoms with van der Waals surface area (Å²) in [5, 5.41) is 0. The van der Waals surface area contributed by atoms with Crippen LogP contribution >= 0.6 is 0 Å². The highest BCUT2D eigenvalue weighted by Gasteiger charge is 2.50. The van der Waals surface area contributed by atoms with Crippen molar-refractivity contribution >= 4 is 23.6 Å². The Morgan fingerprint density at radius 1 is 0.528 bits per heavy atom. The average Bonchev–Trinajstić information content (AvgIpc) is 3.29. The van der Waals surface area contributed by atoms with Crippen LogP contribution in [0.2, 0.25) is 0 Å². The summed E-state index contributed by atoms with van der Waals surface area (Å²) in [5.41, 5.74) is 0.829. The molecular weight excluding hydrogens is 468 g/mol.